The van der Waals surface area contributed by atoms with Crippen molar-refractivity contribution in [3.05, 3.63) is 36.0 Å². The minimum absolute atomic E-state index is 0.0519. The highest BCUT2D eigenvalue weighted by Crippen LogP contribution is 2.40. The lowest BCUT2D eigenvalue weighted by molar-refractivity contribution is -0.125. The molecule has 0 bridgehead atoms. The molecule has 0 atom stereocenters. The summed E-state index contributed by atoms with van der Waals surface area (Å²) in [5, 5.41) is 7.27. The van der Waals surface area contributed by atoms with E-state index in [2.05, 4.69) is 15.5 Å². The molecule has 2 aliphatic heterocycles. The average molecular weight is 399 g/mol. The van der Waals surface area contributed by atoms with E-state index < -0.39 is 5.54 Å². The number of piperidine rings is 1. The predicted octanol–water partition coefficient (Wildman–Crippen LogP) is 2.72. The maximum atomic E-state index is 13.6. The van der Waals surface area contributed by atoms with Gasteiger partial charge in [0.25, 0.3) is 5.91 Å². The number of aromatic nitrogens is 2. The quantitative estimate of drug-likeness (QED) is 0.847. The Labute approximate surface area is 169 Å². The third kappa shape index (κ3) is 3.64. The van der Waals surface area contributed by atoms with Gasteiger partial charge < -0.3 is 19.5 Å². The molecule has 2 amide bonds. The number of aryl methyl sites for hydroxylation is 1. The van der Waals surface area contributed by atoms with Gasteiger partial charge in [0.1, 0.15) is 12.1 Å². The van der Waals surface area contributed by atoms with Gasteiger partial charge in [-0.3, -0.25) is 9.69 Å². The standard InChI is InChI=1S/C20H25N5O4/c1-13(2)28-19(27)24-10-8-20(9-11-24)18(26)25(12-17-21-14(3)23-29-17)16-7-5-4-6-15(16)22-20/h4-7,13,22H,8-12H2,1-3H3. The van der Waals surface area contributed by atoms with Crippen LogP contribution in [-0.4, -0.2) is 51.8 Å². The monoisotopic (exact) mass is 399 g/mol. The van der Waals surface area contributed by atoms with Crippen LogP contribution in [-0.2, 0) is 16.1 Å². The Hall–Kier alpha value is -3.10. The fraction of sp³-hybridized carbons (Fsp3) is 0.500. The molecule has 154 valence electrons. The summed E-state index contributed by atoms with van der Waals surface area (Å²) in [6, 6.07) is 7.67. The Bertz CT molecular complexity index is 917. The highest BCUT2D eigenvalue weighted by molar-refractivity contribution is 6.07. The largest absolute Gasteiger partial charge is 0.447 e. The van der Waals surface area contributed by atoms with Gasteiger partial charge in [-0.15, -0.1) is 0 Å². The third-order valence-corrected chi connectivity index (χ3v) is 5.30. The number of carbonyl (C=O) groups is 2. The van der Waals surface area contributed by atoms with Gasteiger partial charge in [-0.1, -0.05) is 17.3 Å². The van der Waals surface area contributed by atoms with E-state index in [-0.39, 0.29) is 24.6 Å². The van der Waals surface area contributed by atoms with E-state index >= 15 is 0 Å². The summed E-state index contributed by atoms with van der Waals surface area (Å²) in [4.78, 5) is 33.4. The molecule has 1 aromatic heterocycles. The molecule has 1 saturated heterocycles. The van der Waals surface area contributed by atoms with Crippen LogP contribution in [0.1, 0.15) is 38.4 Å². The Kier molecular flexibility index (Phi) is 4.89. The molecule has 0 saturated carbocycles. The van der Waals surface area contributed by atoms with Crippen molar-refractivity contribution in [2.45, 2.75) is 51.8 Å². The van der Waals surface area contributed by atoms with E-state index in [0.29, 0.717) is 37.6 Å². The fourth-order valence-corrected chi connectivity index (χ4v) is 3.88. The van der Waals surface area contributed by atoms with Gasteiger partial charge >= 0.3 is 6.09 Å². The van der Waals surface area contributed by atoms with Crippen LogP contribution in [0.15, 0.2) is 28.8 Å². The smallest absolute Gasteiger partial charge is 0.410 e. The highest BCUT2D eigenvalue weighted by Gasteiger charge is 2.48. The van der Waals surface area contributed by atoms with Crippen LogP contribution in [0.3, 0.4) is 0 Å². The lowest BCUT2D eigenvalue weighted by Crippen LogP contribution is -2.62. The van der Waals surface area contributed by atoms with E-state index in [1.807, 2.05) is 38.1 Å². The first-order valence-corrected chi connectivity index (χ1v) is 9.82. The highest BCUT2D eigenvalue weighted by atomic mass is 16.6. The van der Waals surface area contributed by atoms with Crippen LogP contribution in [0.4, 0.5) is 16.2 Å². The number of para-hydroxylation sites is 2. The van der Waals surface area contributed by atoms with Gasteiger partial charge in [-0.05, 0) is 45.7 Å². The van der Waals surface area contributed by atoms with Crippen molar-refractivity contribution in [1.29, 1.82) is 0 Å². The molecule has 0 aliphatic carbocycles. The third-order valence-electron chi connectivity index (χ3n) is 5.30. The molecule has 1 aromatic carbocycles. The van der Waals surface area contributed by atoms with Gasteiger partial charge in [-0.25, -0.2) is 4.79 Å². The summed E-state index contributed by atoms with van der Waals surface area (Å²) in [7, 11) is 0. The summed E-state index contributed by atoms with van der Waals surface area (Å²) < 4.78 is 10.5. The molecule has 4 rings (SSSR count). The number of likely N-dealkylation sites (tertiary alicyclic amines) is 1. The normalized spacial score (nSPS) is 18.0. The Morgan fingerprint density at radius 3 is 2.69 bits per heavy atom. The van der Waals surface area contributed by atoms with Crippen molar-refractivity contribution in [3.63, 3.8) is 0 Å². The number of nitrogens with zero attached hydrogens (tertiary/aromatic N) is 4. The second-order valence-electron chi connectivity index (χ2n) is 7.77. The van der Waals surface area contributed by atoms with Crippen molar-refractivity contribution in [1.82, 2.24) is 15.0 Å². The van der Waals surface area contributed by atoms with Crippen LogP contribution < -0.4 is 10.2 Å². The molecule has 9 heteroatoms. The number of rotatable bonds is 3. The van der Waals surface area contributed by atoms with Crippen molar-refractivity contribution < 1.29 is 18.8 Å². The van der Waals surface area contributed by atoms with E-state index in [4.69, 9.17) is 9.26 Å². The summed E-state index contributed by atoms with van der Waals surface area (Å²) >= 11 is 0. The number of carbonyl (C=O) groups excluding carboxylic acids is 2. The van der Waals surface area contributed by atoms with Crippen LogP contribution >= 0.6 is 0 Å². The number of hydrogen-bond donors (Lipinski definition) is 1. The summed E-state index contributed by atoms with van der Waals surface area (Å²) in [5.74, 6) is 0.868. The number of fused-ring (bicyclic) bond motifs is 1. The summed E-state index contributed by atoms with van der Waals surface area (Å²) in [5.41, 5.74) is 0.875. The van der Waals surface area contributed by atoms with Gasteiger partial charge in [0.05, 0.1) is 17.5 Å². The number of nitrogens with one attached hydrogen (secondary N) is 1. The van der Waals surface area contributed by atoms with Crippen molar-refractivity contribution in [3.8, 4) is 0 Å². The van der Waals surface area contributed by atoms with E-state index in [0.717, 1.165) is 11.4 Å². The number of benzene rings is 1. The number of anilines is 2. The molecule has 0 unspecified atom stereocenters. The zero-order valence-corrected chi connectivity index (χ0v) is 16.8. The summed E-state index contributed by atoms with van der Waals surface area (Å²) in [6.07, 6.45) is 0.476. The fourth-order valence-electron chi connectivity index (χ4n) is 3.88. The first kappa shape index (κ1) is 19.2. The Morgan fingerprint density at radius 2 is 2.03 bits per heavy atom. The second kappa shape index (κ2) is 7.38. The SMILES string of the molecule is Cc1noc(CN2C(=O)C3(CCN(C(=O)OC(C)C)CC3)Nc3ccccc32)n1. The maximum absolute atomic E-state index is 13.6. The molecular formula is C20H25N5O4. The molecule has 1 spiro atoms. The summed E-state index contributed by atoms with van der Waals surface area (Å²) in [6.45, 7) is 6.49. The Morgan fingerprint density at radius 1 is 1.31 bits per heavy atom. The average Bonchev–Trinajstić information content (AvgIpc) is 3.10. The molecule has 29 heavy (non-hydrogen) atoms. The molecule has 1 N–H and O–H groups in total. The number of amides is 2. The number of ether oxygens (including phenoxy) is 1. The van der Waals surface area contributed by atoms with Gasteiger partial charge in [-0.2, -0.15) is 4.98 Å². The van der Waals surface area contributed by atoms with Crippen LogP contribution in [0, 0.1) is 6.92 Å². The van der Waals surface area contributed by atoms with Crippen LogP contribution in [0.2, 0.25) is 0 Å². The molecule has 2 aromatic rings. The van der Waals surface area contributed by atoms with Crippen molar-refractivity contribution in [2.75, 3.05) is 23.3 Å². The minimum Gasteiger partial charge on any atom is -0.447 e. The first-order chi connectivity index (χ1) is 13.9. The van der Waals surface area contributed by atoms with E-state index in [9.17, 15) is 9.59 Å². The molecule has 2 aliphatic rings. The van der Waals surface area contributed by atoms with E-state index in [1.54, 1.807) is 16.7 Å². The lowest BCUT2D eigenvalue weighted by atomic mass is 9.83. The van der Waals surface area contributed by atoms with Crippen LogP contribution in [0.5, 0.6) is 0 Å². The molecule has 1 fully saturated rings. The first-order valence-electron chi connectivity index (χ1n) is 9.82. The van der Waals surface area contributed by atoms with Gasteiger partial charge in [0, 0.05) is 13.1 Å². The Balaban J connectivity index is 1.58. The van der Waals surface area contributed by atoms with Crippen molar-refractivity contribution in [2.24, 2.45) is 0 Å². The maximum Gasteiger partial charge on any atom is 0.410 e. The zero-order chi connectivity index (χ0) is 20.6. The number of hydrogen-bond acceptors (Lipinski definition) is 7. The molecule has 9 nitrogen and oxygen atoms in total. The zero-order valence-electron chi connectivity index (χ0n) is 16.8. The molecule has 0 radical (unpaired) electrons. The van der Waals surface area contributed by atoms with Crippen LogP contribution in [0.25, 0.3) is 0 Å². The van der Waals surface area contributed by atoms with E-state index in [1.165, 1.54) is 0 Å². The molecule has 3 heterocycles. The second-order valence-corrected chi connectivity index (χ2v) is 7.77. The topological polar surface area (TPSA) is 101 Å². The van der Waals surface area contributed by atoms with Crippen molar-refractivity contribution >= 4 is 23.4 Å². The van der Waals surface area contributed by atoms with Gasteiger partial charge in [0.2, 0.25) is 5.89 Å². The van der Waals surface area contributed by atoms with Gasteiger partial charge in [0.15, 0.2) is 5.82 Å². The molecular weight excluding hydrogens is 374 g/mol. The predicted molar refractivity (Wildman–Crippen MR) is 105 cm³/mol. The lowest BCUT2D eigenvalue weighted by Gasteiger charge is -2.47. The minimum atomic E-state index is -0.780.